The van der Waals surface area contributed by atoms with Gasteiger partial charge in [-0.25, -0.2) is 0 Å². The maximum absolute atomic E-state index is 7.74. The van der Waals surface area contributed by atoms with Gasteiger partial charge < -0.3 is 35.2 Å². The number of nitriles is 1. The number of rotatable bonds is 0. The molecule has 0 aliphatic rings. The SMILES string of the molecule is N#CNC(=S)S.[K+].[K+].[N-]=C=NC(=S)[S-]. The van der Waals surface area contributed by atoms with Crippen LogP contribution in [0, 0.1) is 11.5 Å². The molecule has 0 aromatic carbocycles. The van der Waals surface area contributed by atoms with E-state index in [0.717, 1.165) is 0 Å². The van der Waals surface area contributed by atoms with E-state index in [-0.39, 0.29) is 111 Å². The molecule has 0 spiro atoms. The van der Waals surface area contributed by atoms with Gasteiger partial charge in [-0.3, -0.25) is 5.32 Å². The molecular weight excluding hydrogens is 311 g/mol. The number of thiocarbonyl (C=S) groups is 2. The maximum Gasteiger partial charge on any atom is 1.00 e. The van der Waals surface area contributed by atoms with Gasteiger partial charge in [-0.1, -0.05) is 12.2 Å². The topological polar surface area (TPSA) is 70.5 Å². The Morgan fingerprint density at radius 3 is 1.93 bits per heavy atom. The van der Waals surface area contributed by atoms with Gasteiger partial charge in [0.25, 0.3) is 0 Å². The van der Waals surface area contributed by atoms with Gasteiger partial charge >= 0.3 is 103 Å². The van der Waals surface area contributed by atoms with E-state index >= 15 is 0 Å². The molecule has 0 heterocycles. The fourth-order valence-corrected chi connectivity index (χ4v) is 0.266. The zero-order chi connectivity index (χ0) is 9.98. The summed E-state index contributed by atoms with van der Waals surface area (Å²) in [6, 6.07) is 1.45. The molecule has 0 amide bonds. The van der Waals surface area contributed by atoms with Gasteiger partial charge in [0.1, 0.15) is 4.32 Å². The Morgan fingerprint density at radius 1 is 1.50 bits per heavy atom. The van der Waals surface area contributed by atoms with Crippen LogP contribution in [0.25, 0.3) is 5.41 Å². The predicted molar refractivity (Wildman–Crippen MR) is 61.1 cm³/mol. The molecule has 0 fully saturated rings. The minimum absolute atomic E-state index is 0. The van der Waals surface area contributed by atoms with E-state index in [9.17, 15) is 0 Å². The van der Waals surface area contributed by atoms with Crippen molar-refractivity contribution in [2.24, 2.45) is 4.99 Å². The fourth-order valence-electron chi connectivity index (χ4n) is 0.0886. The Kier molecular flexibility index (Phi) is 38.3. The summed E-state index contributed by atoms with van der Waals surface area (Å²) < 4.78 is 0.176. The smallest absolute Gasteiger partial charge is 0.433 e. The molecule has 4 nitrogen and oxygen atoms in total. The van der Waals surface area contributed by atoms with E-state index in [1.54, 1.807) is 6.19 Å². The molecule has 0 bridgehead atoms. The van der Waals surface area contributed by atoms with E-state index in [1.807, 2.05) is 0 Å². The Bertz CT molecular complexity index is 257. The first-order chi connectivity index (χ1) is 5.54. The number of thiol groups is 1. The second-order valence-electron chi connectivity index (χ2n) is 1.02. The van der Waals surface area contributed by atoms with Crippen LogP contribution in [0.1, 0.15) is 0 Å². The largest absolute Gasteiger partial charge is 1.00 e. The summed E-state index contributed by atoms with van der Waals surface area (Å²) in [5.74, 6) is 0. The third-order valence-corrected chi connectivity index (χ3v) is 0.701. The molecule has 0 unspecified atom stereocenters. The van der Waals surface area contributed by atoms with Crippen LogP contribution in [-0.4, -0.2) is 14.6 Å². The molecule has 0 radical (unpaired) electrons. The van der Waals surface area contributed by atoms with Crippen molar-refractivity contribution in [3.8, 4) is 6.19 Å². The third-order valence-electron chi connectivity index (χ3n) is 0.304. The van der Waals surface area contributed by atoms with Crippen molar-refractivity contribution < 1.29 is 103 Å². The first-order valence-electron chi connectivity index (χ1n) is 2.23. The molecule has 64 valence electrons. The first kappa shape index (κ1) is 25.5. The molecule has 1 N–H and O–H groups in total. The molecule has 10 heteroatoms. The van der Waals surface area contributed by atoms with Gasteiger partial charge in [0.05, 0.1) is 0 Å². The Hall–Kier alpha value is 2.69. The molecule has 0 saturated carbocycles. The van der Waals surface area contributed by atoms with Crippen LogP contribution < -0.4 is 108 Å². The second kappa shape index (κ2) is 21.0. The molecule has 0 aliphatic carbocycles. The van der Waals surface area contributed by atoms with Gasteiger partial charge in [-0.2, -0.15) is 11.3 Å². The van der Waals surface area contributed by atoms with Crippen molar-refractivity contribution in [2.45, 2.75) is 0 Å². The molecule has 0 atom stereocenters. The molecule has 0 rings (SSSR count). The van der Waals surface area contributed by atoms with Crippen LogP contribution in [0.3, 0.4) is 0 Å². The number of hydrogen-bond donors (Lipinski definition) is 2. The predicted octanol–water partition coefficient (Wildman–Crippen LogP) is -5.16. The van der Waals surface area contributed by atoms with Crippen molar-refractivity contribution in [1.29, 1.82) is 5.26 Å². The molecule has 0 aromatic heterocycles. The van der Waals surface area contributed by atoms with E-state index < -0.39 is 0 Å². The van der Waals surface area contributed by atoms with Crippen LogP contribution >= 0.6 is 37.1 Å². The quantitative estimate of drug-likeness (QED) is 0.0890. The Morgan fingerprint density at radius 2 is 1.93 bits per heavy atom. The number of nitrogens with zero attached hydrogens (tertiary/aromatic N) is 3. The summed E-state index contributed by atoms with van der Waals surface area (Å²) >= 11 is 16.3. The summed E-state index contributed by atoms with van der Waals surface area (Å²) in [5.41, 5.74) is 0. The minimum atomic E-state index is -0.0301. The number of hydrogen-bond acceptors (Lipinski definition) is 4. The average molecular weight is 313 g/mol. The Labute approximate surface area is 189 Å². The van der Waals surface area contributed by atoms with Crippen molar-refractivity contribution >= 4 is 64.3 Å². The molecular formula is C4H2K2N4S4. The monoisotopic (exact) mass is 312 g/mol. The number of nitrogens with one attached hydrogen (secondary N) is 1. The van der Waals surface area contributed by atoms with Crippen LogP contribution in [0.5, 0.6) is 0 Å². The van der Waals surface area contributed by atoms with Gasteiger partial charge in [0.15, 0.2) is 6.19 Å². The molecule has 0 aromatic rings. The number of aliphatic imine (C=N–C) groups is 1. The van der Waals surface area contributed by atoms with Crippen LogP contribution in [-0.2, 0) is 12.6 Å². The zero-order valence-electron chi connectivity index (χ0n) is 7.51. The normalized spacial score (nSPS) is 5.14. The van der Waals surface area contributed by atoms with Crippen LogP contribution in [0.2, 0.25) is 0 Å². The summed E-state index contributed by atoms with van der Waals surface area (Å²) in [6.45, 7) is 0. The molecule has 0 aliphatic heterocycles. The van der Waals surface area contributed by atoms with E-state index in [4.69, 9.17) is 10.7 Å². The summed E-state index contributed by atoms with van der Waals surface area (Å²) in [7, 11) is 0. The molecule has 14 heavy (non-hydrogen) atoms. The van der Waals surface area contributed by atoms with Gasteiger partial charge in [0.2, 0.25) is 0 Å². The second-order valence-corrected chi connectivity index (χ2v) is 3.21. The zero-order valence-corrected chi connectivity index (χ0v) is 17.1. The molecule has 0 saturated heterocycles. The van der Waals surface area contributed by atoms with Gasteiger partial charge in [-0.15, -0.1) is 16.9 Å². The standard InChI is InChI=1S/C2H2N2S2.C2HN2S2.2K/c2*3-1-4-2(5)6;;/h(H2,4,5,6);(H,5,6);;/q;-1;2*+1/p-1. The van der Waals surface area contributed by atoms with Gasteiger partial charge in [0, 0.05) is 0 Å². The maximum atomic E-state index is 7.74. The van der Waals surface area contributed by atoms with Crippen molar-refractivity contribution in [1.82, 2.24) is 5.32 Å². The van der Waals surface area contributed by atoms with Gasteiger partial charge in [-0.05, 0) is 0 Å². The van der Waals surface area contributed by atoms with Crippen molar-refractivity contribution in [3.63, 3.8) is 0 Å². The summed E-state index contributed by atoms with van der Waals surface area (Å²) in [4.78, 5) is 2.98. The summed E-state index contributed by atoms with van der Waals surface area (Å²) in [6.07, 6.45) is 1.60. The fraction of sp³-hybridized carbons (Fsp3) is 0. The first-order valence-corrected chi connectivity index (χ1v) is 3.90. The van der Waals surface area contributed by atoms with Crippen molar-refractivity contribution in [3.05, 3.63) is 5.41 Å². The average Bonchev–Trinajstić information content (AvgIpc) is 1.87. The third kappa shape index (κ3) is 36.5. The van der Waals surface area contributed by atoms with Crippen LogP contribution in [0.15, 0.2) is 4.99 Å². The minimum Gasteiger partial charge on any atom is -0.433 e. The van der Waals surface area contributed by atoms with E-state index in [1.165, 1.54) is 6.01 Å². The van der Waals surface area contributed by atoms with Crippen molar-refractivity contribution in [2.75, 3.05) is 0 Å². The van der Waals surface area contributed by atoms with Crippen LogP contribution in [0.4, 0.5) is 0 Å². The van der Waals surface area contributed by atoms with E-state index in [0.29, 0.717) is 0 Å². The Balaban J connectivity index is -0.0000000625. The van der Waals surface area contributed by atoms with E-state index in [2.05, 4.69) is 60.0 Å². The summed E-state index contributed by atoms with van der Waals surface area (Å²) in [5, 5.41) is 17.5.